The molecule has 0 bridgehead atoms. The van der Waals surface area contributed by atoms with Crippen LogP contribution in [0.5, 0.6) is 0 Å². The summed E-state index contributed by atoms with van der Waals surface area (Å²) in [6.45, 7) is 4.37. The van der Waals surface area contributed by atoms with Gasteiger partial charge in [0.15, 0.2) is 0 Å². The van der Waals surface area contributed by atoms with Gasteiger partial charge in [0.25, 0.3) is 0 Å². The van der Waals surface area contributed by atoms with Crippen molar-refractivity contribution in [3.63, 3.8) is 0 Å². The van der Waals surface area contributed by atoms with Crippen LogP contribution >= 0.6 is 11.3 Å². The fourth-order valence-electron chi connectivity index (χ4n) is 3.37. The minimum absolute atomic E-state index is 0.239. The smallest absolute Gasteiger partial charge is 0.124 e. The highest BCUT2D eigenvalue weighted by Crippen LogP contribution is 2.33. The number of hydrogen-bond acceptors (Lipinski definition) is 4. The minimum Gasteiger partial charge on any atom is -0.321 e. The molecule has 0 radical (unpaired) electrons. The predicted octanol–water partition coefficient (Wildman–Crippen LogP) is 5.59. The Kier molecular flexibility index (Phi) is 5.17. The standard InChI is InChI=1S/C21H23N3S/c1-3-11-21(23,12-4-2)17-8-6-16(7-9-17)20-24-18-10-5-15(14-22)13-19(18)25-20/h5-10,13H,3-4,11-12,23H2,1-2H3. The van der Waals surface area contributed by atoms with Crippen molar-refractivity contribution in [2.45, 2.75) is 45.1 Å². The van der Waals surface area contributed by atoms with E-state index in [1.807, 2.05) is 18.2 Å². The molecule has 0 unspecified atom stereocenters. The maximum absolute atomic E-state index is 9.04. The number of nitriles is 1. The van der Waals surface area contributed by atoms with Gasteiger partial charge in [-0.25, -0.2) is 4.98 Å². The first kappa shape index (κ1) is 17.6. The fraction of sp³-hybridized carbons (Fsp3) is 0.333. The second kappa shape index (κ2) is 7.35. The molecule has 4 heteroatoms. The van der Waals surface area contributed by atoms with Gasteiger partial charge in [0.1, 0.15) is 5.01 Å². The molecule has 3 nitrogen and oxygen atoms in total. The molecule has 0 saturated carbocycles. The highest BCUT2D eigenvalue weighted by molar-refractivity contribution is 7.21. The Bertz CT molecular complexity index is 897. The number of rotatable bonds is 6. The van der Waals surface area contributed by atoms with Crippen LogP contribution < -0.4 is 5.73 Å². The van der Waals surface area contributed by atoms with E-state index >= 15 is 0 Å². The summed E-state index contributed by atoms with van der Waals surface area (Å²) in [7, 11) is 0. The zero-order chi connectivity index (χ0) is 17.9. The third kappa shape index (κ3) is 3.58. The maximum atomic E-state index is 9.04. The Hall–Kier alpha value is -2.22. The summed E-state index contributed by atoms with van der Waals surface area (Å²) >= 11 is 1.62. The molecule has 0 aliphatic heterocycles. The van der Waals surface area contributed by atoms with Crippen molar-refractivity contribution in [2.75, 3.05) is 0 Å². The third-order valence-electron chi connectivity index (χ3n) is 4.62. The van der Waals surface area contributed by atoms with Crippen molar-refractivity contribution in [1.82, 2.24) is 4.98 Å². The van der Waals surface area contributed by atoms with E-state index in [1.165, 1.54) is 5.56 Å². The van der Waals surface area contributed by atoms with Crippen LogP contribution in [0, 0.1) is 11.3 Å². The Morgan fingerprint density at radius 3 is 2.36 bits per heavy atom. The molecule has 0 spiro atoms. The van der Waals surface area contributed by atoms with Gasteiger partial charge in [-0.2, -0.15) is 5.26 Å². The molecule has 2 aromatic carbocycles. The molecule has 0 saturated heterocycles. The van der Waals surface area contributed by atoms with Crippen LogP contribution in [-0.2, 0) is 5.54 Å². The second-order valence-corrected chi connectivity index (χ2v) is 7.58. The van der Waals surface area contributed by atoms with Crippen molar-refractivity contribution >= 4 is 21.6 Å². The molecule has 0 fully saturated rings. The average Bonchev–Trinajstić information content (AvgIpc) is 3.05. The Morgan fingerprint density at radius 2 is 1.76 bits per heavy atom. The van der Waals surface area contributed by atoms with Crippen LogP contribution in [0.15, 0.2) is 42.5 Å². The summed E-state index contributed by atoms with van der Waals surface area (Å²) < 4.78 is 1.04. The van der Waals surface area contributed by atoms with E-state index in [9.17, 15) is 0 Å². The first-order valence-electron chi connectivity index (χ1n) is 8.80. The molecule has 0 amide bonds. The van der Waals surface area contributed by atoms with Gasteiger partial charge in [0.05, 0.1) is 21.8 Å². The topological polar surface area (TPSA) is 62.7 Å². The molecule has 0 atom stereocenters. The van der Waals surface area contributed by atoms with Gasteiger partial charge >= 0.3 is 0 Å². The van der Waals surface area contributed by atoms with Crippen molar-refractivity contribution in [3.8, 4) is 16.6 Å². The lowest BCUT2D eigenvalue weighted by atomic mass is 9.82. The third-order valence-corrected chi connectivity index (χ3v) is 5.68. The quantitative estimate of drug-likeness (QED) is 0.631. The molecule has 2 N–H and O–H groups in total. The van der Waals surface area contributed by atoms with Gasteiger partial charge < -0.3 is 5.73 Å². The molecule has 3 rings (SSSR count). The number of benzene rings is 2. The van der Waals surface area contributed by atoms with Gasteiger partial charge in [-0.05, 0) is 36.6 Å². The average molecular weight is 350 g/mol. The SMILES string of the molecule is CCCC(N)(CCC)c1ccc(-c2nc3ccc(C#N)cc3s2)cc1. The van der Waals surface area contributed by atoms with Gasteiger partial charge in [0.2, 0.25) is 0 Å². The summed E-state index contributed by atoms with van der Waals surface area (Å²) in [5, 5.41) is 10.0. The van der Waals surface area contributed by atoms with Gasteiger partial charge in [-0.1, -0.05) is 51.0 Å². The number of nitrogens with zero attached hydrogens (tertiary/aromatic N) is 2. The molecule has 25 heavy (non-hydrogen) atoms. The molecule has 128 valence electrons. The highest BCUT2D eigenvalue weighted by atomic mass is 32.1. The summed E-state index contributed by atoms with van der Waals surface area (Å²) in [5.41, 5.74) is 10.3. The second-order valence-electron chi connectivity index (χ2n) is 6.55. The molecule has 3 aromatic rings. The maximum Gasteiger partial charge on any atom is 0.124 e. The van der Waals surface area contributed by atoms with Gasteiger partial charge in [-0.3, -0.25) is 0 Å². The summed E-state index contributed by atoms with van der Waals surface area (Å²) in [6, 6.07) is 16.3. The van der Waals surface area contributed by atoms with Crippen LogP contribution in [0.25, 0.3) is 20.8 Å². The van der Waals surface area contributed by atoms with E-state index < -0.39 is 0 Å². The monoisotopic (exact) mass is 349 g/mol. The van der Waals surface area contributed by atoms with Crippen molar-refractivity contribution < 1.29 is 0 Å². The fourth-order valence-corrected chi connectivity index (χ4v) is 4.38. The Morgan fingerprint density at radius 1 is 1.08 bits per heavy atom. The summed E-state index contributed by atoms with van der Waals surface area (Å²) in [5.74, 6) is 0. The summed E-state index contributed by atoms with van der Waals surface area (Å²) in [6.07, 6.45) is 4.16. The molecule has 0 aliphatic rings. The first-order chi connectivity index (χ1) is 12.1. The lowest BCUT2D eigenvalue weighted by molar-refractivity contribution is 0.369. The van der Waals surface area contributed by atoms with Gasteiger partial charge in [0, 0.05) is 11.1 Å². The number of fused-ring (bicyclic) bond motifs is 1. The normalized spacial score (nSPS) is 11.6. The van der Waals surface area contributed by atoms with Gasteiger partial charge in [-0.15, -0.1) is 11.3 Å². The number of thiazole rings is 1. The van der Waals surface area contributed by atoms with E-state index in [4.69, 9.17) is 16.0 Å². The van der Waals surface area contributed by atoms with Crippen molar-refractivity contribution in [3.05, 3.63) is 53.6 Å². The molecule has 1 heterocycles. The highest BCUT2D eigenvalue weighted by Gasteiger charge is 2.25. The van der Waals surface area contributed by atoms with E-state index in [0.29, 0.717) is 5.56 Å². The molecular formula is C21H23N3S. The predicted molar refractivity (Wildman–Crippen MR) is 105 cm³/mol. The van der Waals surface area contributed by atoms with Crippen molar-refractivity contribution in [2.24, 2.45) is 5.73 Å². The largest absolute Gasteiger partial charge is 0.321 e. The number of hydrogen-bond donors (Lipinski definition) is 1. The van der Waals surface area contributed by atoms with Crippen LogP contribution in [0.1, 0.15) is 50.7 Å². The minimum atomic E-state index is -0.239. The number of aromatic nitrogens is 1. The van der Waals surface area contributed by atoms with Crippen LogP contribution in [0.3, 0.4) is 0 Å². The van der Waals surface area contributed by atoms with E-state index in [2.05, 4.69) is 44.2 Å². The lowest BCUT2D eigenvalue weighted by Crippen LogP contribution is -2.36. The van der Waals surface area contributed by atoms with Crippen LogP contribution in [0.2, 0.25) is 0 Å². The molecular weight excluding hydrogens is 326 g/mol. The molecule has 0 aliphatic carbocycles. The zero-order valence-corrected chi connectivity index (χ0v) is 15.6. The first-order valence-corrected chi connectivity index (χ1v) is 9.61. The van der Waals surface area contributed by atoms with Crippen LogP contribution in [0.4, 0.5) is 0 Å². The van der Waals surface area contributed by atoms with E-state index in [1.54, 1.807) is 11.3 Å². The zero-order valence-electron chi connectivity index (χ0n) is 14.7. The van der Waals surface area contributed by atoms with E-state index in [0.717, 1.165) is 46.5 Å². The Labute approximate surface area is 153 Å². The van der Waals surface area contributed by atoms with Crippen LogP contribution in [-0.4, -0.2) is 4.98 Å². The lowest BCUT2D eigenvalue weighted by Gasteiger charge is -2.29. The van der Waals surface area contributed by atoms with Crippen molar-refractivity contribution in [1.29, 1.82) is 5.26 Å². The number of nitrogens with two attached hydrogens (primary N) is 1. The summed E-state index contributed by atoms with van der Waals surface area (Å²) in [4.78, 5) is 4.70. The molecule has 1 aromatic heterocycles. The Balaban J connectivity index is 1.93. The van der Waals surface area contributed by atoms with E-state index in [-0.39, 0.29) is 5.54 Å².